The van der Waals surface area contributed by atoms with Gasteiger partial charge in [0.2, 0.25) is 0 Å². The maximum absolute atomic E-state index is 7.96. The van der Waals surface area contributed by atoms with Crippen LogP contribution in [-0.2, 0) is 0 Å². The second-order valence-electron chi connectivity index (χ2n) is 7.28. The summed E-state index contributed by atoms with van der Waals surface area (Å²) in [6.07, 6.45) is 0.383. The molecular formula is C26H24ClOP. The van der Waals surface area contributed by atoms with E-state index >= 15 is 0 Å². The first kappa shape index (κ1) is 19.7. The van der Waals surface area contributed by atoms with Gasteiger partial charge < -0.3 is 0 Å². The molecule has 29 heavy (non-hydrogen) atoms. The molecule has 4 aromatic rings. The summed E-state index contributed by atoms with van der Waals surface area (Å²) in [6, 6.07) is 39.3. The van der Waals surface area contributed by atoms with Crippen molar-refractivity contribution in [1.82, 2.24) is 0 Å². The van der Waals surface area contributed by atoms with Gasteiger partial charge in [0.1, 0.15) is 0 Å². The van der Waals surface area contributed by atoms with Crippen LogP contribution in [0.2, 0.25) is 0 Å². The molecule has 1 nitrogen and oxygen atoms in total. The van der Waals surface area contributed by atoms with Crippen LogP contribution in [-0.4, -0.2) is 6.35 Å². The fourth-order valence-corrected chi connectivity index (χ4v) is 8.99. The van der Waals surface area contributed by atoms with Crippen LogP contribution < -0.4 is 20.7 Å². The van der Waals surface area contributed by atoms with Crippen LogP contribution in [0.15, 0.2) is 115 Å². The van der Waals surface area contributed by atoms with E-state index in [0.29, 0.717) is 6.35 Å². The average molecular weight is 419 g/mol. The zero-order chi connectivity index (χ0) is 20.2. The Morgan fingerprint density at radius 2 is 0.966 bits per heavy atom. The Bertz CT molecular complexity index is 965. The topological polar surface area (TPSA) is 9.23 Å². The number of rotatable bonds is 6. The molecule has 0 spiro atoms. The van der Waals surface area contributed by atoms with Gasteiger partial charge in [-0.1, -0.05) is 0 Å². The number of hydrogen-bond acceptors (Lipinski definition) is 1. The van der Waals surface area contributed by atoms with Crippen molar-refractivity contribution in [2.75, 3.05) is 6.35 Å². The van der Waals surface area contributed by atoms with Crippen molar-refractivity contribution < 1.29 is 4.74 Å². The molecule has 4 rings (SSSR count). The zero-order valence-corrected chi connectivity index (χ0v) is 18.1. The molecule has 0 saturated heterocycles. The van der Waals surface area contributed by atoms with Gasteiger partial charge in [0.05, 0.1) is 0 Å². The van der Waals surface area contributed by atoms with Crippen molar-refractivity contribution in [3.63, 3.8) is 0 Å². The van der Waals surface area contributed by atoms with E-state index in [1.807, 2.05) is 30.3 Å². The molecule has 0 amide bonds. The second-order valence-corrected chi connectivity index (χ2v) is 13.7. The molecule has 0 heterocycles. The molecule has 0 bridgehead atoms. The van der Waals surface area contributed by atoms with E-state index in [0.717, 1.165) is 21.7 Å². The second kappa shape index (κ2) is 8.03. The molecule has 0 aromatic heterocycles. The summed E-state index contributed by atoms with van der Waals surface area (Å²) in [5, 5.41) is 3.30. The van der Waals surface area contributed by atoms with Crippen LogP contribution in [0.3, 0.4) is 0 Å². The molecule has 0 aliphatic carbocycles. The molecule has 146 valence electrons. The van der Waals surface area contributed by atoms with Crippen molar-refractivity contribution in [1.29, 1.82) is 0 Å². The first-order chi connectivity index (χ1) is 14.1. The van der Waals surface area contributed by atoms with Gasteiger partial charge in [0.15, 0.2) is 0 Å². The molecule has 0 atom stereocenters. The summed E-state index contributed by atoms with van der Waals surface area (Å²) in [7, 11) is 0. The summed E-state index contributed by atoms with van der Waals surface area (Å²) in [6.45, 7) is 2.07. The first-order valence-electron chi connectivity index (χ1n) is 9.70. The molecular weight excluding hydrogens is 395 g/mol. The zero-order valence-electron chi connectivity index (χ0n) is 16.4. The first-order valence-corrected chi connectivity index (χ1v) is 13.0. The summed E-state index contributed by atoms with van der Waals surface area (Å²) < 4.78 is 6.42. The summed E-state index contributed by atoms with van der Waals surface area (Å²) in [5.41, 5.74) is 1.20. The quantitative estimate of drug-likeness (QED) is 0.348. The summed E-state index contributed by atoms with van der Waals surface area (Å²) in [4.78, 5) is 0. The fraction of sp³-hybridized carbons (Fsp3) is 0.0769. The number of ether oxygens (including phenoxy) is 1. The molecule has 0 aliphatic rings. The van der Waals surface area contributed by atoms with Gasteiger partial charge in [-0.15, -0.1) is 0 Å². The Morgan fingerprint density at radius 3 is 1.34 bits per heavy atom. The van der Waals surface area contributed by atoms with Gasteiger partial charge >= 0.3 is 178 Å². The van der Waals surface area contributed by atoms with E-state index in [-0.39, 0.29) is 0 Å². The third-order valence-electron chi connectivity index (χ3n) is 5.38. The number of hydrogen-bond donors (Lipinski definition) is 0. The monoisotopic (exact) mass is 418 g/mol. The van der Waals surface area contributed by atoms with Crippen LogP contribution in [0.4, 0.5) is 0 Å². The number of benzene rings is 4. The van der Waals surface area contributed by atoms with Crippen molar-refractivity contribution in [2.45, 2.75) is 6.92 Å². The van der Waals surface area contributed by atoms with Gasteiger partial charge in [-0.25, -0.2) is 0 Å². The van der Waals surface area contributed by atoms with Gasteiger partial charge in [-0.2, -0.15) is 0 Å². The van der Waals surface area contributed by atoms with Crippen LogP contribution in [0.25, 0.3) is 0 Å². The molecule has 0 radical (unpaired) electrons. The van der Waals surface area contributed by atoms with Crippen molar-refractivity contribution >= 4 is 33.1 Å². The predicted molar refractivity (Wildman–Crippen MR) is 128 cm³/mol. The molecule has 0 saturated carbocycles. The van der Waals surface area contributed by atoms with E-state index in [1.54, 1.807) is 0 Å². The minimum atomic E-state index is -3.38. The molecule has 0 aliphatic heterocycles. The van der Waals surface area contributed by atoms with E-state index in [9.17, 15) is 0 Å². The Balaban J connectivity index is 1.95. The summed E-state index contributed by atoms with van der Waals surface area (Å²) >= 11 is 7.96. The number of aryl methyl sites for hydroxylation is 1. The fourth-order valence-electron chi connectivity index (χ4n) is 3.72. The van der Waals surface area contributed by atoms with E-state index < -0.39 is 5.96 Å². The third kappa shape index (κ3) is 3.57. The van der Waals surface area contributed by atoms with Gasteiger partial charge in [-0.05, 0) is 0 Å². The normalized spacial score (nSPS) is 12.7. The Hall–Kier alpha value is -2.60. The van der Waals surface area contributed by atoms with Gasteiger partial charge in [-0.3, -0.25) is 0 Å². The summed E-state index contributed by atoms with van der Waals surface area (Å²) in [5.74, 6) is -2.56. The third-order valence-corrected chi connectivity index (χ3v) is 12.2. The molecule has 0 N–H and O–H groups in total. The van der Waals surface area contributed by atoms with Crippen molar-refractivity contribution in [2.24, 2.45) is 0 Å². The minimum absolute atomic E-state index is 0.383. The van der Waals surface area contributed by atoms with E-state index in [2.05, 4.69) is 91.9 Å². The van der Waals surface area contributed by atoms with E-state index in [1.165, 1.54) is 5.56 Å². The van der Waals surface area contributed by atoms with Crippen LogP contribution >= 0.6 is 17.2 Å². The molecule has 3 heteroatoms. The van der Waals surface area contributed by atoms with Crippen molar-refractivity contribution in [3.8, 4) is 5.75 Å². The Labute approximate surface area is 177 Å². The van der Waals surface area contributed by atoms with Crippen LogP contribution in [0, 0.1) is 6.92 Å². The average Bonchev–Trinajstić information content (AvgIpc) is 2.80. The maximum atomic E-state index is 7.96. The van der Waals surface area contributed by atoms with Crippen LogP contribution in [0.5, 0.6) is 5.75 Å². The Kier molecular flexibility index (Phi) is 5.46. The van der Waals surface area contributed by atoms with Crippen LogP contribution in [0.1, 0.15) is 5.56 Å². The van der Waals surface area contributed by atoms with Crippen molar-refractivity contribution in [3.05, 3.63) is 121 Å². The molecule has 0 fully saturated rings. The van der Waals surface area contributed by atoms with Gasteiger partial charge in [0, 0.05) is 0 Å². The predicted octanol–water partition coefficient (Wildman–Crippen LogP) is 6.01. The molecule has 4 aromatic carbocycles. The number of halogens is 1. The Morgan fingerprint density at radius 1 is 0.586 bits per heavy atom. The van der Waals surface area contributed by atoms with Gasteiger partial charge in [0.25, 0.3) is 0 Å². The van der Waals surface area contributed by atoms with E-state index in [4.69, 9.17) is 16.0 Å². The molecule has 0 unspecified atom stereocenters. The SMILES string of the molecule is Cc1ccc(OCP(Cl)(c2ccccc2)(c2ccccc2)c2ccccc2)cc1. The standard InChI is InChI=1S/C26H24ClOP/c1-22-17-19-23(20-18-22)28-21-29(27,24-11-5-2-6-12-24,25-13-7-3-8-14-25)26-15-9-4-10-16-26/h2-20H,21H2,1H3.